The van der Waals surface area contributed by atoms with Crippen molar-refractivity contribution in [3.05, 3.63) is 77.3 Å². The van der Waals surface area contributed by atoms with Gasteiger partial charge in [-0.05, 0) is 59.5 Å². The summed E-state index contributed by atoms with van der Waals surface area (Å²) in [5.41, 5.74) is 3.01. The van der Waals surface area contributed by atoms with Crippen LogP contribution in [0.25, 0.3) is 10.2 Å². The van der Waals surface area contributed by atoms with E-state index in [1.807, 2.05) is 41.3 Å². The molecule has 0 atom stereocenters. The van der Waals surface area contributed by atoms with Crippen molar-refractivity contribution in [2.75, 3.05) is 45.3 Å². The number of ether oxygens (including phenoxy) is 2. The molecular weight excluding hydrogens is 434 g/mol. The Morgan fingerprint density at radius 3 is 2.39 bits per heavy atom. The maximum atomic E-state index is 13.6. The number of anilines is 1. The van der Waals surface area contributed by atoms with Gasteiger partial charge in [-0.3, -0.25) is 4.79 Å². The fourth-order valence-corrected chi connectivity index (χ4v) is 5.28. The number of benzene rings is 2. The molecule has 1 aliphatic rings. The number of fused-ring (bicyclic) bond motifs is 1. The molecule has 170 valence electrons. The summed E-state index contributed by atoms with van der Waals surface area (Å²) in [5, 5.41) is 3.19. The molecule has 0 spiro atoms. The summed E-state index contributed by atoms with van der Waals surface area (Å²) in [4.78, 5) is 19.0. The number of nitrogens with zero attached hydrogens (tertiary/aromatic N) is 3. The van der Waals surface area contributed by atoms with Gasteiger partial charge >= 0.3 is 0 Å². The van der Waals surface area contributed by atoms with Crippen molar-refractivity contribution < 1.29 is 14.3 Å². The minimum atomic E-state index is 0.0932. The maximum absolute atomic E-state index is 13.6. The molecule has 1 fully saturated rings. The van der Waals surface area contributed by atoms with Gasteiger partial charge in [-0.2, -0.15) is 0 Å². The van der Waals surface area contributed by atoms with Crippen molar-refractivity contribution in [1.29, 1.82) is 0 Å². The smallest absolute Gasteiger partial charge is 0.270 e. The molecule has 6 nitrogen and oxygen atoms in total. The predicted molar refractivity (Wildman–Crippen MR) is 133 cm³/mol. The number of rotatable bonds is 6. The van der Waals surface area contributed by atoms with E-state index in [-0.39, 0.29) is 5.91 Å². The van der Waals surface area contributed by atoms with Crippen molar-refractivity contribution in [3.8, 4) is 11.5 Å². The second-order valence-electron chi connectivity index (χ2n) is 8.13. The lowest BCUT2D eigenvalue weighted by Crippen LogP contribution is -2.49. The maximum Gasteiger partial charge on any atom is 0.270 e. The van der Waals surface area contributed by atoms with Crippen molar-refractivity contribution in [1.82, 2.24) is 9.47 Å². The molecule has 1 saturated heterocycles. The number of amides is 1. The first kappa shape index (κ1) is 21.4. The average Bonchev–Trinajstić information content (AvgIpc) is 3.46. The number of carbonyl (C=O) groups excluding carboxylic acids is 1. The number of methoxy groups -OCH3 is 2. The zero-order chi connectivity index (χ0) is 22.8. The monoisotopic (exact) mass is 461 g/mol. The van der Waals surface area contributed by atoms with E-state index in [1.54, 1.807) is 25.6 Å². The first-order valence-corrected chi connectivity index (χ1v) is 11.9. The Morgan fingerprint density at radius 1 is 0.909 bits per heavy atom. The molecule has 7 heteroatoms. The molecule has 0 N–H and O–H groups in total. The number of carbonyl (C=O) groups is 1. The van der Waals surface area contributed by atoms with Gasteiger partial charge in [0.25, 0.3) is 5.91 Å². The minimum Gasteiger partial charge on any atom is -0.497 e. The summed E-state index contributed by atoms with van der Waals surface area (Å²) in [6, 6.07) is 20.2. The number of piperazine rings is 1. The van der Waals surface area contributed by atoms with Gasteiger partial charge in [-0.25, -0.2) is 0 Å². The van der Waals surface area contributed by atoms with Gasteiger partial charge in [0.1, 0.15) is 22.0 Å². The van der Waals surface area contributed by atoms with E-state index in [2.05, 4.69) is 39.1 Å². The van der Waals surface area contributed by atoms with Crippen LogP contribution in [-0.2, 0) is 6.54 Å². The molecule has 0 unspecified atom stereocenters. The van der Waals surface area contributed by atoms with Gasteiger partial charge in [-0.15, -0.1) is 11.3 Å². The zero-order valence-electron chi connectivity index (χ0n) is 18.9. The highest BCUT2D eigenvalue weighted by molar-refractivity contribution is 7.16. The third kappa shape index (κ3) is 4.28. The van der Waals surface area contributed by atoms with Crippen molar-refractivity contribution in [3.63, 3.8) is 0 Å². The van der Waals surface area contributed by atoms with Crippen LogP contribution in [0.3, 0.4) is 0 Å². The van der Waals surface area contributed by atoms with Crippen LogP contribution in [0.4, 0.5) is 5.69 Å². The molecule has 5 rings (SSSR count). The van der Waals surface area contributed by atoms with Gasteiger partial charge in [0, 0.05) is 43.8 Å². The molecule has 1 amide bonds. The first-order chi connectivity index (χ1) is 16.2. The lowest BCUT2D eigenvalue weighted by molar-refractivity contribution is 0.0737. The van der Waals surface area contributed by atoms with Crippen LogP contribution in [0.1, 0.15) is 16.1 Å². The van der Waals surface area contributed by atoms with E-state index < -0.39 is 0 Å². The largest absolute Gasteiger partial charge is 0.497 e. The van der Waals surface area contributed by atoms with E-state index in [9.17, 15) is 4.79 Å². The summed E-state index contributed by atoms with van der Waals surface area (Å²) < 4.78 is 12.8. The Labute approximate surface area is 197 Å². The van der Waals surface area contributed by atoms with Crippen LogP contribution in [0.2, 0.25) is 0 Å². The molecule has 0 saturated carbocycles. The highest BCUT2D eigenvalue weighted by Gasteiger charge is 2.26. The highest BCUT2D eigenvalue weighted by atomic mass is 32.1. The van der Waals surface area contributed by atoms with E-state index in [0.29, 0.717) is 19.6 Å². The summed E-state index contributed by atoms with van der Waals surface area (Å²) in [6.07, 6.45) is 0. The second kappa shape index (κ2) is 9.19. The standard InChI is InChI=1S/C26H27N3O3S/c1-31-22-8-6-21(7-9-22)27-11-13-28(14-12-27)25(30)24-17-20-10-15-33-26(20)29(24)18-19-4-3-5-23(16-19)32-2/h3-10,15-17H,11-14,18H2,1-2H3. The predicted octanol–water partition coefficient (Wildman–Crippen LogP) is 4.73. The first-order valence-electron chi connectivity index (χ1n) is 11.0. The molecule has 0 radical (unpaired) electrons. The summed E-state index contributed by atoms with van der Waals surface area (Å²) >= 11 is 1.67. The summed E-state index contributed by atoms with van der Waals surface area (Å²) in [5.74, 6) is 1.77. The number of hydrogen-bond acceptors (Lipinski definition) is 5. The fraction of sp³-hybridized carbons (Fsp3) is 0.269. The lowest BCUT2D eigenvalue weighted by Gasteiger charge is -2.36. The quantitative estimate of drug-likeness (QED) is 0.417. The third-order valence-corrected chi connectivity index (χ3v) is 7.15. The Kier molecular flexibility index (Phi) is 5.96. The SMILES string of the molecule is COc1ccc(N2CCN(C(=O)c3cc4ccsc4n3Cc3cccc(OC)c3)CC2)cc1. The number of hydrogen-bond donors (Lipinski definition) is 0. The van der Waals surface area contributed by atoms with Gasteiger partial charge in [0.05, 0.1) is 14.2 Å². The molecular formula is C26H27N3O3S. The van der Waals surface area contributed by atoms with E-state index in [1.165, 1.54) is 0 Å². The van der Waals surface area contributed by atoms with Crippen LogP contribution in [-0.4, -0.2) is 55.8 Å². The van der Waals surface area contributed by atoms with E-state index in [4.69, 9.17) is 9.47 Å². The van der Waals surface area contributed by atoms with E-state index in [0.717, 1.165) is 51.7 Å². The normalized spacial score (nSPS) is 14.0. The Bertz CT molecular complexity index is 1250. The van der Waals surface area contributed by atoms with Crippen molar-refractivity contribution >= 4 is 33.1 Å². The molecule has 4 aromatic rings. The summed E-state index contributed by atoms with van der Waals surface area (Å²) in [7, 11) is 3.35. The van der Waals surface area contributed by atoms with Crippen LogP contribution < -0.4 is 14.4 Å². The van der Waals surface area contributed by atoms with Crippen LogP contribution in [0, 0.1) is 0 Å². The van der Waals surface area contributed by atoms with Crippen LogP contribution in [0.5, 0.6) is 11.5 Å². The fourth-order valence-electron chi connectivity index (χ4n) is 4.39. The highest BCUT2D eigenvalue weighted by Crippen LogP contribution is 2.28. The lowest BCUT2D eigenvalue weighted by atomic mass is 10.2. The van der Waals surface area contributed by atoms with Crippen molar-refractivity contribution in [2.45, 2.75) is 6.54 Å². The number of thiophene rings is 1. The second-order valence-corrected chi connectivity index (χ2v) is 9.02. The number of aromatic nitrogens is 1. The van der Waals surface area contributed by atoms with Crippen molar-refractivity contribution in [2.24, 2.45) is 0 Å². The molecule has 33 heavy (non-hydrogen) atoms. The Morgan fingerprint density at radius 2 is 1.67 bits per heavy atom. The average molecular weight is 462 g/mol. The Balaban J connectivity index is 1.34. The van der Waals surface area contributed by atoms with Crippen LogP contribution in [0.15, 0.2) is 66.0 Å². The summed E-state index contributed by atoms with van der Waals surface area (Å²) in [6.45, 7) is 3.64. The van der Waals surface area contributed by atoms with Gasteiger partial charge in [0.15, 0.2) is 0 Å². The molecule has 0 bridgehead atoms. The van der Waals surface area contributed by atoms with E-state index >= 15 is 0 Å². The van der Waals surface area contributed by atoms with Gasteiger partial charge in [-0.1, -0.05) is 12.1 Å². The molecule has 1 aliphatic heterocycles. The van der Waals surface area contributed by atoms with Crippen LogP contribution >= 0.6 is 11.3 Å². The van der Waals surface area contributed by atoms with Gasteiger partial charge < -0.3 is 23.8 Å². The zero-order valence-corrected chi connectivity index (χ0v) is 19.7. The molecule has 0 aliphatic carbocycles. The minimum absolute atomic E-state index is 0.0932. The molecule has 2 aromatic heterocycles. The molecule has 3 heterocycles. The Hall–Kier alpha value is -3.45. The molecule has 2 aromatic carbocycles. The van der Waals surface area contributed by atoms with Gasteiger partial charge in [0.2, 0.25) is 0 Å². The topological polar surface area (TPSA) is 46.9 Å². The third-order valence-electron chi connectivity index (χ3n) is 6.20.